The Morgan fingerprint density at radius 1 is 1.04 bits per heavy atom. The Morgan fingerprint density at radius 2 is 1.74 bits per heavy atom. The second-order valence-electron chi connectivity index (χ2n) is 5.84. The van der Waals surface area contributed by atoms with Gasteiger partial charge in [0.05, 0.1) is 6.42 Å². The molecule has 3 aromatic rings. The van der Waals surface area contributed by atoms with Gasteiger partial charge in [0.2, 0.25) is 5.91 Å². The minimum Gasteiger partial charge on any atom is -0.358 e. The average Bonchev–Trinajstić information content (AvgIpc) is 2.89. The molecule has 3 nitrogen and oxygen atoms in total. The minimum atomic E-state index is 0.171. The molecule has 0 aliphatic rings. The summed E-state index contributed by atoms with van der Waals surface area (Å²) in [6, 6.07) is 18.3. The van der Waals surface area contributed by atoms with E-state index in [1.807, 2.05) is 49.1 Å². The number of para-hydroxylation sites is 1. The second-order valence-corrected chi connectivity index (χ2v) is 5.84. The molecule has 118 valence electrons. The van der Waals surface area contributed by atoms with Crippen molar-refractivity contribution in [2.45, 2.75) is 26.8 Å². The SMILES string of the molecule is CCN(Cc1ccccc1)C(=O)Cc1c(C)[nH]c2ccccc12. The van der Waals surface area contributed by atoms with Crippen molar-refractivity contribution < 1.29 is 4.79 Å². The summed E-state index contributed by atoms with van der Waals surface area (Å²) in [5.41, 5.74) is 4.45. The summed E-state index contributed by atoms with van der Waals surface area (Å²) in [5.74, 6) is 0.171. The number of hydrogen-bond donors (Lipinski definition) is 1. The fourth-order valence-electron chi connectivity index (χ4n) is 3.01. The van der Waals surface area contributed by atoms with Crippen LogP contribution in [0.3, 0.4) is 0 Å². The van der Waals surface area contributed by atoms with Crippen molar-refractivity contribution in [3.8, 4) is 0 Å². The molecule has 2 aromatic carbocycles. The third kappa shape index (κ3) is 3.29. The summed E-state index contributed by atoms with van der Waals surface area (Å²) in [6.45, 7) is 5.45. The van der Waals surface area contributed by atoms with E-state index >= 15 is 0 Å². The molecule has 23 heavy (non-hydrogen) atoms. The number of carbonyl (C=O) groups excluding carboxylic acids is 1. The molecule has 3 heteroatoms. The third-order valence-corrected chi connectivity index (χ3v) is 4.31. The standard InChI is InChI=1S/C20H22N2O/c1-3-22(14-16-9-5-4-6-10-16)20(23)13-18-15(2)21-19-12-8-7-11-17(18)19/h4-12,21H,3,13-14H2,1-2H3. The highest BCUT2D eigenvalue weighted by Crippen LogP contribution is 2.23. The van der Waals surface area contributed by atoms with Gasteiger partial charge < -0.3 is 9.88 Å². The van der Waals surface area contributed by atoms with Gasteiger partial charge in [0, 0.05) is 29.7 Å². The second kappa shape index (κ2) is 6.69. The maximum atomic E-state index is 12.8. The summed E-state index contributed by atoms with van der Waals surface area (Å²) in [6.07, 6.45) is 0.441. The summed E-state index contributed by atoms with van der Waals surface area (Å²) in [4.78, 5) is 18.0. The number of rotatable bonds is 5. The molecule has 1 aromatic heterocycles. The molecule has 1 amide bonds. The molecule has 1 heterocycles. The van der Waals surface area contributed by atoms with Gasteiger partial charge in [-0.1, -0.05) is 48.5 Å². The summed E-state index contributed by atoms with van der Waals surface area (Å²) >= 11 is 0. The first-order valence-electron chi connectivity index (χ1n) is 8.07. The van der Waals surface area contributed by atoms with Gasteiger partial charge in [-0.25, -0.2) is 0 Å². The molecular formula is C20H22N2O. The summed E-state index contributed by atoms with van der Waals surface area (Å²) in [7, 11) is 0. The lowest BCUT2D eigenvalue weighted by atomic mass is 10.1. The van der Waals surface area contributed by atoms with Crippen LogP contribution < -0.4 is 0 Å². The number of nitrogens with zero attached hydrogens (tertiary/aromatic N) is 1. The van der Waals surface area contributed by atoms with Crippen LogP contribution in [0.2, 0.25) is 0 Å². The van der Waals surface area contributed by atoms with Gasteiger partial charge >= 0.3 is 0 Å². The number of nitrogens with one attached hydrogen (secondary N) is 1. The van der Waals surface area contributed by atoms with Gasteiger partial charge in [-0.15, -0.1) is 0 Å². The number of benzene rings is 2. The first-order valence-corrected chi connectivity index (χ1v) is 8.07. The Labute approximate surface area is 136 Å². The molecule has 0 bridgehead atoms. The van der Waals surface area contributed by atoms with Gasteiger partial charge in [0.15, 0.2) is 0 Å². The molecule has 0 atom stereocenters. The van der Waals surface area contributed by atoms with Crippen LogP contribution in [0.4, 0.5) is 0 Å². The first-order chi connectivity index (χ1) is 11.2. The van der Waals surface area contributed by atoms with Gasteiger partial charge in [0.1, 0.15) is 0 Å². The highest BCUT2D eigenvalue weighted by molar-refractivity contribution is 5.90. The molecule has 0 fully saturated rings. The molecule has 0 radical (unpaired) electrons. The molecule has 0 aliphatic heterocycles. The fraction of sp³-hybridized carbons (Fsp3) is 0.250. The highest BCUT2D eigenvalue weighted by Gasteiger charge is 2.17. The van der Waals surface area contributed by atoms with Gasteiger partial charge in [-0.05, 0) is 31.0 Å². The maximum Gasteiger partial charge on any atom is 0.227 e. The summed E-state index contributed by atoms with van der Waals surface area (Å²) < 4.78 is 0. The lowest BCUT2D eigenvalue weighted by Gasteiger charge is -2.21. The van der Waals surface area contributed by atoms with Crippen LogP contribution in [0.25, 0.3) is 10.9 Å². The van der Waals surface area contributed by atoms with Crippen molar-refractivity contribution in [3.63, 3.8) is 0 Å². The molecule has 0 spiro atoms. The lowest BCUT2D eigenvalue weighted by molar-refractivity contribution is -0.130. The molecule has 1 N–H and O–H groups in total. The number of amides is 1. The molecular weight excluding hydrogens is 284 g/mol. The molecule has 0 saturated heterocycles. The van der Waals surface area contributed by atoms with Crippen molar-refractivity contribution in [3.05, 3.63) is 71.4 Å². The summed E-state index contributed by atoms with van der Waals surface area (Å²) in [5, 5.41) is 1.15. The largest absolute Gasteiger partial charge is 0.358 e. The quantitative estimate of drug-likeness (QED) is 0.758. The van der Waals surface area contributed by atoms with E-state index in [0.717, 1.165) is 28.7 Å². The molecule has 3 rings (SSSR count). The van der Waals surface area contributed by atoms with Crippen LogP contribution in [0.5, 0.6) is 0 Å². The molecule has 0 unspecified atom stereocenters. The van der Waals surface area contributed by atoms with E-state index in [9.17, 15) is 4.79 Å². The van der Waals surface area contributed by atoms with Crippen molar-refractivity contribution >= 4 is 16.8 Å². The number of aromatic nitrogens is 1. The van der Waals surface area contributed by atoms with Crippen molar-refractivity contribution in [2.75, 3.05) is 6.54 Å². The van der Waals surface area contributed by atoms with E-state index in [2.05, 4.69) is 29.2 Å². The predicted molar refractivity (Wildman–Crippen MR) is 94.3 cm³/mol. The third-order valence-electron chi connectivity index (χ3n) is 4.31. The van der Waals surface area contributed by atoms with E-state index in [-0.39, 0.29) is 5.91 Å². The zero-order chi connectivity index (χ0) is 16.2. The number of carbonyl (C=O) groups is 1. The monoisotopic (exact) mass is 306 g/mol. The topological polar surface area (TPSA) is 36.1 Å². The Hall–Kier alpha value is -2.55. The van der Waals surface area contributed by atoms with Crippen molar-refractivity contribution in [2.24, 2.45) is 0 Å². The fourth-order valence-corrected chi connectivity index (χ4v) is 3.01. The normalized spacial score (nSPS) is 10.9. The van der Waals surface area contributed by atoms with E-state index in [1.165, 1.54) is 5.56 Å². The zero-order valence-electron chi connectivity index (χ0n) is 13.7. The smallest absolute Gasteiger partial charge is 0.227 e. The number of fused-ring (bicyclic) bond motifs is 1. The van der Waals surface area contributed by atoms with Crippen LogP contribution in [-0.4, -0.2) is 22.3 Å². The molecule has 0 aliphatic carbocycles. The van der Waals surface area contributed by atoms with Gasteiger partial charge in [0.25, 0.3) is 0 Å². The van der Waals surface area contributed by atoms with Crippen LogP contribution >= 0.6 is 0 Å². The van der Waals surface area contributed by atoms with E-state index in [0.29, 0.717) is 13.0 Å². The number of aromatic amines is 1. The number of H-pyrrole nitrogens is 1. The zero-order valence-corrected chi connectivity index (χ0v) is 13.7. The van der Waals surface area contributed by atoms with Gasteiger partial charge in [-0.3, -0.25) is 4.79 Å². The first kappa shape index (κ1) is 15.3. The van der Waals surface area contributed by atoms with E-state index in [4.69, 9.17) is 0 Å². The van der Waals surface area contributed by atoms with Crippen LogP contribution in [0.15, 0.2) is 54.6 Å². The maximum absolute atomic E-state index is 12.8. The number of likely N-dealkylation sites (N-methyl/N-ethyl adjacent to an activating group) is 1. The lowest BCUT2D eigenvalue weighted by Crippen LogP contribution is -2.31. The Balaban J connectivity index is 1.80. The van der Waals surface area contributed by atoms with Gasteiger partial charge in [-0.2, -0.15) is 0 Å². The Bertz CT molecular complexity index is 805. The average molecular weight is 306 g/mol. The number of aryl methyl sites for hydroxylation is 1. The van der Waals surface area contributed by atoms with Crippen LogP contribution in [0.1, 0.15) is 23.7 Å². The predicted octanol–water partition coefficient (Wildman–Crippen LogP) is 4.07. The van der Waals surface area contributed by atoms with Crippen LogP contribution in [-0.2, 0) is 17.8 Å². The molecule has 0 saturated carbocycles. The highest BCUT2D eigenvalue weighted by atomic mass is 16.2. The van der Waals surface area contributed by atoms with Crippen molar-refractivity contribution in [1.82, 2.24) is 9.88 Å². The van der Waals surface area contributed by atoms with Crippen molar-refractivity contribution in [1.29, 1.82) is 0 Å². The Morgan fingerprint density at radius 3 is 2.48 bits per heavy atom. The minimum absolute atomic E-state index is 0.171. The van der Waals surface area contributed by atoms with E-state index in [1.54, 1.807) is 0 Å². The van der Waals surface area contributed by atoms with Crippen LogP contribution in [0, 0.1) is 6.92 Å². The Kier molecular flexibility index (Phi) is 4.47. The van der Waals surface area contributed by atoms with E-state index < -0.39 is 0 Å². The number of hydrogen-bond acceptors (Lipinski definition) is 1.